The molecule has 0 heterocycles. The fourth-order valence-electron chi connectivity index (χ4n) is 2.13. The number of non-ortho nitro benzene ring substituents is 1. The highest BCUT2D eigenvalue weighted by molar-refractivity contribution is 5.55. The van der Waals surface area contributed by atoms with Gasteiger partial charge in [0.25, 0.3) is 5.69 Å². The number of hydrogen-bond acceptors (Lipinski definition) is 6. The van der Waals surface area contributed by atoms with Crippen LogP contribution in [-0.2, 0) is 6.54 Å². The van der Waals surface area contributed by atoms with Crippen LogP contribution in [0.2, 0.25) is 0 Å². The van der Waals surface area contributed by atoms with E-state index in [1.54, 1.807) is 12.1 Å². The molecule has 0 radical (unpaired) electrons. The van der Waals surface area contributed by atoms with Crippen molar-refractivity contribution in [3.8, 4) is 0 Å². The van der Waals surface area contributed by atoms with Crippen molar-refractivity contribution in [2.24, 2.45) is 5.84 Å². The molecular formula is C14H25N5O2. The highest BCUT2D eigenvalue weighted by Crippen LogP contribution is 2.23. The lowest BCUT2D eigenvalue weighted by Crippen LogP contribution is -2.32. The molecule has 0 spiro atoms. The maximum Gasteiger partial charge on any atom is 0.269 e. The molecule has 1 rings (SSSR count). The Morgan fingerprint density at radius 2 is 2.00 bits per heavy atom. The number of nitrogens with zero attached hydrogens (tertiary/aromatic N) is 3. The van der Waals surface area contributed by atoms with E-state index in [9.17, 15) is 10.1 Å². The predicted octanol–water partition coefficient (Wildman–Crippen LogP) is 1.65. The smallest absolute Gasteiger partial charge is 0.269 e. The first-order valence-electron chi connectivity index (χ1n) is 7.09. The molecule has 0 aliphatic heterocycles. The Morgan fingerprint density at radius 1 is 1.29 bits per heavy atom. The summed E-state index contributed by atoms with van der Waals surface area (Å²) in [4.78, 5) is 14.9. The van der Waals surface area contributed by atoms with Crippen molar-refractivity contribution in [2.45, 2.75) is 19.9 Å². The second-order valence-electron chi connectivity index (χ2n) is 5.32. The van der Waals surface area contributed by atoms with E-state index in [0.29, 0.717) is 6.54 Å². The second-order valence-corrected chi connectivity index (χ2v) is 5.32. The van der Waals surface area contributed by atoms with Gasteiger partial charge in [-0.25, -0.2) is 0 Å². The SMILES string of the molecule is CCCN(CCN(C)C)Cc1cc([N+](=O)[O-])ccc1NN. The first kappa shape index (κ1) is 17.4. The van der Waals surface area contributed by atoms with Crippen LogP contribution in [0.3, 0.4) is 0 Å². The van der Waals surface area contributed by atoms with Crippen LogP contribution in [0.15, 0.2) is 18.2 Å². The summed E-state index contributed by atoms with van der Waals surface area (Å²) in [6.07, 6.45) is 1.04. The number of nitrogen functional groups attached to an aromatic ring is 1. The monoisotopic (exact) mass is 295 g/mol. The molecule has 0 unspecified atom stereocenters. The van der Waals surface area contributed by atoms with Crippen molar-refractivity contribution in [3.05, 3.63) is 33.9 Å². The van der Waals surface area contributed by atoms with Gasteiger partial charge in [-0.3, -0.25) is 20.9 Å². The summed E-state index contributed by atoms with van der Waals surface area (Å²) >= 11 is 0. The molecule has 0 atom stereocenters. The lowest BCUT2D eigenvalue weighted by Gasteiger charge is -2.24. The molecule has 0 aliphatic carbocycles. The van der Waals surface area contributed by atoms with Gasteiger partial charge in [0.15, 0.2) is 0 Å². The molecule has 0 saturated carbocycles. The van der Waals surface area contributed by atoms with Crippen LogP contribution in [0.1, 0.15) is 18.9 Å². The molecule has 0 aliphatic rings. The van der Waals surface area contributed by atoms with Crippen LogP contribution >= 0.6 is 0 Å². The largest absolute Gasteiger partial charge is 0.324 e. The van der Waals surface area contributed by atoms with Gasteiger partial charge in [-0.1, -0.05) is 6.92 Å². The number of benzene rings is 1. The van der Waals surface area contributed by atoms with E-state index in [1.807, 2.05) is 14.1 Å². The van der Waals surface area contributed by atoms with Crippen LogP contribution in [-0.4, -0.2) is 48.5 Å². The van der Waals surface area contributed by atoms with Gasteiger partial charge in [-0.2, -0.15) is 0 Å². The number of hydrazine groups is 1. The van der Waals surface area contributed by atoms with Crippen molar-refractivity contribution in [3.63, 3.8) is 0 Å². The van der Waals surface area contributed by atoms with Gasteiger partial charge < -0.3 is 10.3 Å². The van der Waals surface area contributed by atoms with Gasteiger partial charge in [0.1, 0.15) is 0 Å². The summed E-state index contributed by atoms with van der Waals surface area (Å²) in [7, 11) is 4.06. The Labute approximate surface area is 125 Å². The Hall–Kier alpha value is -1.70. The van der Waals surface area contributed by atoms with Gasteiger partial charge in [0.2, 0.25) is 0 Å². The van der Waals surface area contributed by atoms with E-state index in [4.69, 9.17) is 5.84 Å². The maximum atomic E-state index is 10.9. The number of rotatable bonds is 9. The van der Waals surface area contributed by atoms with Gasteiger partial charge in [0, 0.05) is 31.8 Å². The standard InChI is InChI=1S/C14H25N5O2/c1-4-7-18(9-8-17(2)3)11-12-10-13(19(20)21)5-6-14(12)16-15/h5-6,10,16H,4,7-9,11,15H2,1-3H3. The molecule has 118 valence electrons. The van der Waals surface area contributed by atoms with Gasteiger partial charge in [-0.15, -0.1) is 0 Å². The molecule has 21 heavy (non-hydrogen) atoms. The molecule has 1 aromatic rings. The van der Waals surface area contributed by atoms with Crippen LogP contribution in [0.5, 0.6) is 0 Å². The third kappa shape index (κ3) is 5.66. The van der Waals surface area contributed by atoms with E-state index in [2.05, 4.69) is 22.1 Å². The quantitative estimate of drug-likeness (QED) is 0.409. The zero-order valence-electron chi connectivity index (χ0n) is 13.0. The molecule has 0 fully saturated rings. The first-order valence-corrected chi connectivity index (χ1v) is 7.09. The molecule has 3 N–H and O–H groups in total. The van der Waals surface area contributed by atoms with Gasteiger partial charge >= 0.3 is 0 Å². The molecule has 1 aromatic carbocycles. The van der Waals surface area contributed by atoms with Crippen molar-refractivity contribution in [2.75, 3.05) is 39.2 Å². The normalized spacial score (nSPS) is 11.1. The summed E-state index contributed by atoms with van der Waals surface area (Å²) in [6, 6.07) is 4.71. The molecule has 0 bridgehead atoms. The predicted molar refractivity (Wildman–Crippen MR) is 85.0 cm³/mol. The Morgan fingerprint density at radius 3 is 2.52 bits per heavy atom. The number of nitro benzene ring substituents is 1. The lowest BCUT2D eigenvalue weighted by atomic mass is 10.1. The second kappa shape index (κ2) is 8.56. The molecular weight excluding hydrogens is 270 g/mol. The number of nitrogens with two attached hydrogens (primary N) is 1. The average molecular weight is 295 g/mol. The summed E-state index contributed by atoms with van der Waals surface area (Å²) in [5, 5.41) is 10.9. The maximum absolute atomic E-state index is 10.9. The minimum absolute atomic E-state index is 0.0908. The van der Waals surface area contributed by atoms with Crippen LogP contribution in [0, 0.1) is 10.1 Å². The van der Waals surface area contributed by atoms with E-state index >= 15 is 0 Å². The lowest BCUT2D eigenvalue weighted by molar-refractivity contribution is -0.384. The van der Waals surface area contributed by atoms with E-state index < -0.39 is 0 Å². The van der Waals surface area contributed by atoms with Crippen molar-refractivity contribution in [1.29, 1.82) is 0 Å². The number of anilines is 1. The summed E-state index contributed by atoms with van der Waals surface area (Å²) in [6.45, 7) is 5.56. The van der Waals surface area contributed by atoms with E-state index in [0.717, 1.165) is 37.3 Å². The summed E-state index contributed by atoms with van der Waals surface area (Å²) in [5.41, 5.74) is 4.28. The topological polar surface area (TPSA) is 87.7 Å². The highest BCUT2D eigenvalue weighted by atomic mass is 16.6. The zero-order valence-corrected chi connectivity index (χ0v) is 13.0. The van der Waals surface area contributed by atoms with Gasteiger partial charge in [-0.05, 0) is 38.7 Å². The first-order chi connectivity index (χ1) is 9.97. The fraction of sp³-hybridized carbons (Fsp3) is 0.571. The van der Waals surface area contributed by atoms with Crippen LogP contribution in [0.4, 0.5) is 11.4 Å². The molecule has 0 saturated heterocycles. The molecule has 7 heteroatoms. The van der Waals surface area contributed by atoms with E-state index in [1.165, 1.54) is 6.07 Å². The third-order valence-electron chi connectivity index (χ3n) is 3.25. The average Bonchev–Trinajstić information content (AvgIpc) is 2.44. The number of nitrogens with one attached hydrogen (secondary N) is 1. The minimum atomic E-state index is -0.381. The molecule has 7 nitrogen and oxygen atoms in total. The van der Waals surface area contributed by atoms with Crippen LogP contribution < -0.4 is 11.3 Å². The Kier molecular flexibility index (Phi) is 7.07. The van der Waals surface area contributed by atoms with Crippen LogP contribution in [0.25, 0.3) is 0 Å². The third-order valence-corrected chi connectivity index (χ3v) is 3.25. The van der Waals surface area contributed by atoms with E-state index in [-0.39, 0.29) is 10.6 Å². The van der Waals surface area contributed by atoms with Crippen molar-refractivity contribution >= 4 is 11.4 Å². The number of hydrogen-bond donors (Lipinski definition) is 2. The minimum Gasteiger partial charge on any atom is -0.324 e. The summed E-state index contributed by atoms with van der Waals surface area (Å²) in [5.74, 6) is 5.50. The molecule has 0 amide bonds. The summed E-state index contributed by atoms with van der Waals surface area (Å²) < 4.78 is 0. The highest BCUT2D eigenvalue weighted by Gasteiger charge is 2.13. The van der Waals surface area contributed by atoms with Crippen molar-refractivity contribution in [1.82, 2.24) is 9.80 Å². The number of nitro groups is 1. The molecule has 0 aromatic heterocycles. The Balaban J connectivity index is 2.89. The number of likely N-dealkylation sites (N-methyl/N-ethyl adjacent to an activating group) is 1. The van der Waals surface area contributed by atoms with Gasteiger partial charge in [0.05, 0.1) is 10.6 Å². The fourth-order valence-corrected chi connectivity index (χ4v) is 2.13. The van der Waals surface area contributed by atoms with Crippen molar-refractivity contribution < 1.29 is 4.92 Å². The zero-order chi connectivity index (χ0) is 15.8. The Bertz CT molecular complexity index is 465.